The van der Waals surface area contributed by atoms with E-state index < -0.39 is 0 Å². The van der Waals surface area contributed by atoms with E-state index in [1.807, 2.05) is 37.5 Å². The van der Waals surface area contributed by atoms with Crippen molar-refractivity contribution >= 4 is 29.9 Å². The van der Waals surface area contributed by atoms with Crippen molar-refractivity contribution in [2.75, 3.05) is 27.4 Å². The highest BCUT2D eigenvalue weighted by Crippen LogP contribution is 2.32. The molecule has 0 aliphatic carbocycles. The van der Waals surface area contributed by atoms with Crippen LogP contribution in [-0.2, 0) is 13.0 Å². The Balaban J connectivity index is 0.00000272. The van der Waals surface area contributed by atoms with E-state index in [0.29, 0.717) is 13.1 Å². The van der Waals surface area contributed by atoms with Crippen molar-refractivity contribution in [1.82, 2.24) is 20.0 Å². The maximum atomic E-state index is 13.1. The van der Waals surface area contributed by atoms with Gasteiger partial charge in [0.2, 0.25) is 6.79 Å². The molecule has 0 bridgehead atoms. The summed E-state index contributed by atoms with van der Waals surface area (Å²) >= 11 is 0. The van der Waals surface area contributed by atoms with E-state index in [1.54, 1.807) is 23.9 Å². The minimum absolute atomic E-state index is 0. The van der Waals surface area contributed by atoms with E-state index in [4.69, 9.17) is 9.47 Å². The summed E-state index contributed by atoms with van der Waals surface area (Å²) in [6.45, 7) is 1.66. The summed E-state index contributed by atoms with van der Waals surface area (Å²) < 4.78 is 25.6. The van der Waals surface area contributed by atoms with Crippen LogP contribution in [0, 0.1) is 5.82 Å². The highest BCUT2D eigenvalue weighted by Gasteiger charge is 2.14. The van der Waals surface area contributed by atoms with Crippen molar-refractivity contribution in [3.63, 3.8) is 0 Å². The molecular formula is C22H25FIN5O2. The first-order chi connectivity index (χ1) is 14.6. The second-order valence-corrected chi connectivity index (χ2v) is 7.00. The van der Waals surface area contributed by atoms with Crippen LogP contribution in [0.15, 0.2) is 59.7 Å². The highest BCUT2D eigenvalue weighted by molar-refractivity contribution is 14.0. The van der Waals surface area contributed by atoms with Gasteiger partial charge in [-0.1, -0.05) is 6.07 Å². The normalized spacial score (nSPS) is 12.4. The molecule has 31 heavy (non-hydrogen) atoms. The molecule has 2 heterocycles. The van der Waals surface area contributed by atoms with Crippen molar-refractivity contribution in [3.05, 3.63) is 71.8 Å². The van der Waals surface area contributed by atoms with Gasteiger partial charge in [0, 0.05) is 39.8 Å². The first-order valence-corrected chi connectivity index (χ1v) is 9.73. The van der Waals surface area contributed by atoms with Gasteiger partial charge in [-0.2, -0.15) is 5.10 Å². The van der Waals surface area contributed by atoms with Crippen LogP contribution >= 0.6 is 24.0 Å². The molecule has 4 rings (SSSR count). The van der Waals surface area contributed by atoms with Crippen LogP contribution in [0.4, 0.5) is 4.39 Å². The van der Waals surface area contributed by atoms with Gasteiger partial charge in [0.15, 0.2) is 17.5 Å². The third-order valence-corrected chi connectivity index (χ3v) is 4.83. The Kier molecular flexibility index (Phi) is 7.72. The predicted octanol–water partition coefficient (Wildman–Crippen LogP) is 3.61. The fourth-order valence-corrected chi connectivity index (χ4v) is 3.31. The fraction of sp³-hybridized carbons (Fsp3) is 0.273. The molecular weight excluding hydrogens is 512 g/mol. The number of benzene rings is 2. The number of nitrogens with one attached hydrogen (secondary N) is 1. The smallest absolute Gasteiger partial charge is 0.231 e. The van der Waals surface area contributed by atoms with Crippen molar-refractivity contribution in [3.8, 4) is 17.2 Å². The molecule has 1 aromatic heterocycles. The number of nitrogens with zero attached hydrogens (tertiary/aromatic N) is 4. The van der Waals surface area contributed by atoms with Gasteiger partial charge in [-0.25, -0.2) is 9.07 Å². The summed E-state index contributed by atoms with van der Waals surface area (Å²) in [6, 6.07) is 14.2. The fourth-order valence-electron chi connectivity index (χ4n) is 3.31. The van der Waals surface area contributed by atoms with Crippen molar-refractivity contribution in [2.45, 2.75) is 13.0 Å². The molecule has 3 aromatic rings. The van der Waals surface area contributed by atoms with Gasteiger partial charge >= 0.3 is 0 Å². The Morgan fingerprint density at radius 2 is 1.94 bits per heavy atom. The number of rotatable bonds is 6. The van der Waals surface area contributed by atoms with E-state index in [0.717, 1.165) is 40.8 Å². The zero-order valence-corrected chi connectivity index (χ0v) is 19.7. The molecule has 1 aliphatic heterocycles. The van der Waals surface area contributed by atoms with Crippen molar-refractivity contribution in [2.24, 2.45) is 4.99 Å². The second kappa shape index (κ2) is 10.5. The second-order valence-electron chi connectivity index (χ2n) is 7.00. The van der Waals surface area contributed by atoms with Crippen LogP contribution in [0.25, 0.3) is 5.69 Å². The molecule has 0 spiro atoms. The summed E-state index contributed by atoms with van der Waals surface area (Å²) in [4.78, 5) is 6.41. The van der Waals surface area contributed by atoms with Crippen LogP contribution in [-0.4, -0.2) is 48.1 Å². The van der Waals surface area contributed by atoms with Crippen LogP contribution in [0.2, 0.25) is 0 Å². The molecule has 2 aromatic carbocycles. The van der Waals surface area contributed by atoms with Gasteiger partial charge in [-0.3, -0.25) is 4.99 Å². The van der Waals surface area contributed by atoms with Gasteiger partial charge in [0.25, 0.3) is 0 Å². The number of ether oxygens (including phenoxy) is 2. The minimum Gasteiger partial charge on any atom is -0.454 e. The van der Waals surface area contributed by atoms with E-state index in [-0.39, 0.29) is 36.6 Å². The molecule has 1 N–H and O–H groups in total. The molecule has 9 heteroatoms. The van der Waals surface area contributed by atoms with E-state index in [1.165, 1.54) is 12.1 Å². The van der Waals surface area contributed by atoms with Gasteiger partial charge in [0.1, 0.15) is 5.82 Å². The summed E-state index contributed by atoms with van der Waals surface area (Å²) in [5.74, 6) is 2.10. The van der Waals surface area contributed by atoms with Gasteiger partial charge in [-0.05, 0) is 48.0 Å². The van der Waals surface area contributed by atoms with Gasteiger partial charge < -0.3 is 19.7 Å². The lowest BCUT2D eigenvalue weighted by molar-refractivity contribution is 0.174. The van der Waals surface area contributed by atoms with Crippen molar-refractivity contribution < 1.29 is 13.9 Å². The summed E-state index contributed by atoms with van der Waals surface area (Å²) in [5, 5.41) is 7.92. The largest absolute Gasteiger partial charge is 0.454 e. The topological polar surface area (TPSA) is 63.9 Å². The average molecular weight is 537 g/mol. The SMILES string of the molecule is CN=C(NCCc1ccn(-c2ccc(F)cc2)n1)N(C)Cc1ccc2c(c1)OCO2.I. The third kappa shape index (κ3) is 5.66. The average Bonchev–Trinajstić information content (AvgIpc) is 3.41. The predicted molar refractivity (Wildman–Crippen MR) is 128 cm³/mol. The first-order valence-electron chi connectivity index (χ1n) is 9.73. The molecule has 1 aliphatic rings. The molecule has 0 unspecified atom stereocenters. The maximum absolute atomic E-state index is 13.1. The van der Waals surface area contributed by atoms with E-state index in [2.05, 4.69) is 20.3 Å². The molecule has 7 nitrogen and oxygen atoms in total. The lowest BCUT2D eigenvalue weighted by atomic mass is 10.2. The van der Waals surface area contributed by atoms with Crippen molar-refractivity contribution in [1.29, 1.82) is 0 Å². The molecule has 0 fully saturated rings. The quantitative estimate of drug-likeness (QED) is 0.296. The zero-order valence-electron chi connectivity index (χ0n) is 17.4. The molecule has 0 saturated carbocycles. The number of halogens is 2. The summed E-state index contributed by atoms with van der Waals surface area (Å²) in [7, 11) is 3.75. The lowest BCUT2D eigenvalue weighted by Crippen LogP contribution is -2.39. The lowest BCUT2D eigenvalue weighted by Gasteiger charge is -2.22. The van der Waals surface area contributed by atoms with E-state index in [9.17, 15) is 4.39 Å². The Morgan fingerprint density at radius 3 is 2.71 bits per heavy atom. The van der Waals surface area contributed by atoms with Crippen LogP contribution in [0.1, 0.15) is 11.3 Å². The number of hydrogen-bond donors (Lipinski definition) is 1. The standard InChI is InChI=1S/C22H24FN5O2.HI/c1-24-22(27(2)14-16-3-8-20-21(13-16)30-15-29-20)25-11-9-18-10-12-28(26-18)19-6-4-17(23)5-7-19;/h3-8,10,12-13H,9,11,14-15H2,1-2H3,(H,24,25);1H. The summed E-state index contributed by atoms with van der Waals surface area (Å²) in [5.41, 5.74) is 2.89. The Hall–Kier alpha value is -2.82. The molecule has 0 amide bonds. The van der Waals surface area contributed by atoms with Crippen LogP contribution in [0.5, 0.6) is 11.5 Å². The molecule has 0 atom stereocenters. The van der Waals surface area contributed by atoms with Crippen LogP contribution < -0.4 is 14.8 Å². The minimum atomic E-state index is -0.258. The monoisotopic (exact) mass is 537 g/mol. The zero-order chi connectivity index (χ0) is 20.9. The third-order valence-electron chi connectivity index (χ3n) is 4.83. The Bertz CT molecular complexity index is 1040. The van der Waals surface area contributed by atoms with Crippen LogP contribution in [0.3, 0.4) is 0 Å². The number of hydrogen-bond acceptors (Lipinski definition) is 4. The highest BCUT2D eigenvalue weighted by atomic mass is 127. The first kappa shape index (κ1) is 22.9. The maximum Gasteiger partial charge on any atom is 0.231 e. The molecule has 164 valence electrons. The number of fused-ring (bicyclic) bond motifs is 1. The number of aromatic nitrogens is 2. The summed E-state index contributed by atoms with van der Waals surface area (Å²) in [6.07, 6.45) is 2.62. The number of aliphatic imine (C=N–C) groups is 1. The number of guanidine groups is 1. The Labute approximate surface area is 197 Å². The van der Waals surface area contributed by atoms with Gasteiger partial charge in [0.05, 0.1) is 11.4 Å². The van der Waals surface area contributed by atoms with Gasteiger partial charge in [-0.15, -0.1) is 24.0 Å². The molecule has 0 radical (unpaired) electrons. The Morgan fingerprint density at radius 1 is 1.16 bits per heavy atom. The molecule has 0 saturated heterocycles. The van der Waals surface area contributed by atoms with E-state index >= 15 is 0 Å².